The van der Waals surface area contributed by atoms with E-state index in [4.69, 9.17) is 10.8 Å². The van der Waals surface area contributed by atoms with Crippen molar-refractivity contribution in [3.63, 3.8) is 0 Å². The Labute approximate surface area is 106 Å². The molecule has 0 spiro atoms. The number of nitrogens with zero attached hydrogens (tertiary/aromatic N) is 1. The standard InChI is InChI=1S/C11H17FN2O3S/c1-2-14(6-3-7-15)18(16,17)11-5-4-9(12)8-10(11)13/h4-5,8,15H,2-3,6-7,13H2,1H3. The Hall–Kier alpha value is -1.18. The van der Waals surface area contributed by atoms with E-state index in [1.54, 1.807) is 6.92 Å². The first-order valence-corrected chi connectivity index (χ1v) is 7.03. The summed E-state index contributed by atoms with van der Waals surface area (Å²) in [6.07, 6.45) is 0.341. The third-order valence-electron chi connectivity index (χ3n) is 2.51. The molecule has 0 saturated carbocycles. The quantitative estimate of drug-likeness (QED) is 0.753. The lowest BCUT2D eigenvalue weighted by Crippen LogP contribution is -2.32. The largest absolute Gasteiger partial charge is 0.398 e. The number of aliphatic hydroxyl groups is 1. The third kappa shape index (κ3) is 3.18. The van der Waals surface area contributed by atoms with Gasteiger partial charge < -0.3 is 10.8 Å². The summed E-state index contributed by atoms with van der Waals surface area (Å²) in [7, 11) is -3.74. The van der Waals surface area contributed by atoms with E-state index in [-0.39, 0.29) is 30.3 Å². The minimum Gasteiger partial charge on any atom is -0.398 e. The van der Waals surface area contributed by atoms with Gasteiger partial charge in [-0.3, -0.25) is 0 Å². The van der Waals surface area contributed by atoms with E-state index in [0.717, 1.165) is 18.2 Å². The average molecular weight is 276 g/mol. The summed E-state index contributed by atoms with van der Waals surface area (Å²) >= 11 is 0. The highest BCUT2D eigenvalue weighted by Gasteiger charge is 2.24. The lowest BCUT2D eigenvalue weighted by Gasteiger charge is -2.20. The molecule has 3 N–H and O–H groups in total. The van der Waals surface area contributed by atoms with Crippen LogP contribution in [0.1, 0.15) is 13.3 Å². The maximum absolute atomic E-state index is 12.9. The molecule has 1 rings (SSSR count). The number of hydrogen-bond acceptors (Lipinski definition) is 4. The van der Waals surface area contributed by atoms with Gasteiger partial charge in [0, 0.05) is 19.7 Å². The second-order valence-electron chi connectivity index (χ2n) is 3.76. The van der Waals surface area contributed by atoms with E-state index in [9.17, 15) is 12.8 Å². The Morgan fingerprint density at radius 1 is 1.44 bits per heavy atom. The Bertz CT molecular complexity index is 505. The van der Waals surface area contributed by atoms with Gasteiger partial charge in [-0.1, -0.05) is 6.92 Å². The van der Waals surface area contributed by atoms with Crippen LogP contribution in [-0.4, -0.2) is 37.5 Å². The van der Waals surface area contributed by atoms with Gasteiger partial charge in [-0.25, -0.2) is 12.8 Å². The highest BCUT2D eigenvalue weighted by atomic mass is 32.2. The maximum atomic E-state index is 12.9. The molecule has 0 aliphatic heterocycles. The summed E-state index contributed by atoms with van der Waals surface area (Å²) < 4.78 is 38.6. The molecule has 0 heterocycles. The first-order chi connectivity index (χ1) is 8.43. The first kappa shape index (κ1) is 14.9. The minimum atomic E-state index is -3.74. The molecule has 0 radical (unpaired) electrons. The van der Waals surface area contributed by atoms with Gasteiger partial charge in [0.25, 0.3) is 0 Å². The number of hydrogen-bond donors (Lipinski definition) is 2. The number of halogens is 1. The van der Waals surface area contributed by atoms with Gasteiger partial charge in [0.15, 0.2) is 0 Å². The smallest absolute Gasteiger partial charge is 0.245 e. The van der Waals surface area contributed by atoms with Crippen molar-refractivity contribution >= 4 is 15.7 Å². The van der Waals surface area contributed by atoms with Gasteiger partial charge in [0.1, 0.15) is 10.7 Å². The average Bonchev–Trinajstić information content (AvgIpc) is 2.29. The van der Waals surface area contributed by atoms with Gasteiger partial charge in [-0.15, -0.1) is 0 Å². The Morgan fingerprint density at radius 2 is 2.11 bits per heavy atom. The number of rotatable bonds is 6. The predicted molar refractivity (Wildman–Crippen MR) is 66.9 cm³/mol. The van der Waals surface area contributed by atoms with Crippen LogP contribution in [0.25, 0.3) is 0 Å². The highest BCUT2D eigenvalue weighted by Crippen LogP contribution is 2.23. The fourth-order valence-corrected chi connectivity index (χ4v) is 3.17. The zero-order valence-electron chi connectivity index (χ0n) is 10.1. The monoisotopic (exact) mass is 276 g/mol. The molecular formula is C11H17FN2O3S. The zero-order chi connectivity index (χ0) is 13.8. The second kappa shape index (κ2) is 6.12. The summed E-state index contributed by atoms with van der Waals surface area (Å²) in [5.41, 5.74) is 5.42. The number of nitrogens with two attached hydrogens (primary N) is 1. The summed E-state index contributed by atoms with van der Waals surface area (Å²) in [5, 5.41) is 8.74. The molecule has 0 saturated heterocycles. The number of benzene rings is 1. The van der Waals surface area contributed by atoms with Crippen LogP contribution in [0.15, 0.2) is 23.1 Å². The van der Waals surface area contributed by atoms with Crippen LogP contribution in [0.4, 0.5) is 10.1 Å². The van der Waals surface area contributed by atoms with Crippen molar-refractivity contribution in [3.05, 3.63) is 24.0 Å². The van der Waals surface area contributed by atoms with E-state index in [0.29, 0.717) is 6.42 Å². The lowest BCUT2D eigenvalue weighted by molar-refractivity contribution is 0.271. The van der Waals surface area contributed by atoms with E-state index < -0.39 is 15.8 Å². The van der Waals surface area contributed by atoms with Crippen LogP contribution in [0.3, 0.4) is 0 Å². The van der Waals surface area contributed by atoms with Crippen molar-refractivity contribution in [1.29, 1.82) is 0 Å². The molecule has 5 nitrogen and oxygen atoms in total. The number of nitrogen functional groups attached to an aromatic ring is 1. The van der Waals surface area contributed by atoms with Gasteiger partial charge in [0.05, 0.1) is 5.69 Å². The molecule has 1 aromatic carbocycles. The fourth-order valence-electron chi connectivity index (χ4n) is 1.59. The molecule has 1 aromatic rings. The molecular weight excluding hydrogens is 259 g/mol. The van der Waals surface area contributed by atoms with Crippen molar-refractivity contribution in [2.75, 3.05) is 25.4 Å². The normalized spacial score (nSPS) is 12.0. The molecule has 102 valence electrons. The first-order valence-electron chi connectivity index (χ1n) is 5.59. The molecule has 7 heteroatoms. The molecule has 0 aromatic heterocycles. The molecule has 18 heavy (non-hydrogen) atoms. The van der Waals surface area contributed by atoms with Crippen LogP contribution in [-0.2, 0) is 10.0 Å². The number of anilines is 1. The van der Waals surface area contributed by atoms with E-state index in [2.05, 4.69) is 0 Å². The fraction of sp³-hybridized carbons (Fsp3) is 0.455. The molecule has 0 bridgehead atoms. The number of sulfonamides is 1. The SMILES string of the molecule is CCN(CCCO)S(=O)(=O)c1ccc(F)cc1N. The Balaban J connectivity index is 3.10. The summed E-state index contributed by atoms with van der Waals surface area (Å²) in [4.78, 5) is -0.108. The topological polar surface area (TPSA) is 83.6 Å². The van der Waals surface area contributed by atoms with Gasteiger partial charge in [0.2, 0.25) is 10.0 Å². The summed E-state index contributed by atoms with van der Waals surface area (Å²) in [6, 6.07) is 3.19. The van der Waals surface area contributed by atoms with Crippen LogP contribution in [0.2, 0.25) is 0 Å². The molecule has 0 fully saturated rings. The minimum absolute atomic E-state index is 0.0923. The van der Waals surface area contributed by atoms with Crippen LogP contribution in [0, 0.1) is 5.82 Å². The molecule has 0 aliphatic carbocycles. The zero-order valence-corrected chi connectivity index (χ0v) is 11.0. The van der Waals surface area contributed by atoms with E-state index in [1.807, 2.05) is 0 Å². The molecule has 0 amide bonds. The van der Waals surface area contributed by atoms with Crippen LogP contribution < -0.4 is 5.73 Å². The van der Waals surface area contributed by atoms with Crippen molar-refractivity contribution < 1.29 is 17.9 Å². The number of aliphatic hydroxyl groups excluding tert-OH is 1. The van der Waals surface area contributed by atoms with Crippen LogP contribution >= 0.6 is 0 Å². The lowest BCUT2D eigenvalue weighted by atomic mass is 10.3. The molecule has 0 unspecified atom stereocenters. The summed E-state index contributed by atoms with van der Waals surface area (Å²) in [5.74, 6) is -0.579. The van der Waals surface area contributed by atoms with E-state index in [1.165, 1.54) is 4.31 Å². The predicted octanol–water partition coefficient (Wildman–Crippen LogP) is 0.801. The van der Waals surface area contributed by atoms with Crippen molar-refractivity contribution in [2.24, 2.45) is 0 Å². The summed E-state index contributed by atoms with van der Waals surface area (Å²) in [6.45, 7) is 2.06. The molecule has 0 aliphatic rings. The van der Waals surface area contributed by atoms with Crippen LogP contribution in [0.5, 0.6) is 0 Å². The highest BCUT2D eigenvalue weighted by molar-refractivity contribution is 7.89. The third-order valence-corrected chi connectivity index (χ3v) is 4.56. The van der Waals surface area contributed by atoms with Gasteiger partial charge in [-0.05, 0) is 24.6 Å². The van der Waals surface area contributed by atoms with Crippen molar-refractivity contribution in [2.45, 2.75) is 18.2 Å². The van der Waals surface area contributed by atoms with Gasteiger partial charge in [-0.2, -0.15) is 4.31 Å². The van der Waals surface area contributed by atoms with Crippen molar-refractivity contribution in [3.8, 4) is 0 Å². The second-order valence-corrected chi connectivity index (χ2v) is 5.66. The maximum Gasteiger partial charge on any atom is 0.245 e. The van der Waals surface area contributed by atoms with Gasteiger partial charge >= 0.3 is 0 Å². The molecule has 0 atom stereocenters. The Morgan fingerprint density at radius 3 is 2.61 bits per heavy atom. The van der Waals surface area contributed by atoms with Crippen molar-refractivity contribution in [1.82, 2.24) is 4.31 Å². The Kier molecular flexibility index (Phi) is 5.06. The van der Waals surface area contributed by atoms with E-state index >= 15 is 0 Å².